The first kappa shape index (κ1) is 23.7. The Labute approximate surface area is 199 Å². The number of amides is 3. The van der Waals surface area contributed by atoms with E-state index in [0.717, 1.165) is 5.56 Å². The van der Waals surface area contributed by atoms with Gasteiger partial charge in [-0.3, -0.25) is 14.4 Å². The molecule has 2 aromatic rings. The molecule has 0 unspecified atom stereocenters. The fourth-order valence-corrected chi connectivity index (χ4v) is 6.09. The maximum Gasteiger partial charge on any atom is 0.247 e. The van der Waals surface area contributed by atoms with Crippen LogP contribution < -0.4 is 15.5 Å². The van der Waals surface area contributed by atoms with E-state index in [1.807, 2.05) is 19.1 Å². The lowest BCUT2D eigenvalue weighted by molar-refractivity contribution is -0.130. The molecule has 0 spiro atoms. The van der Waals surface area contributed by atoms with Crippen LogP contribution in [0.5, 0.6) is 0 Å². The van der Waals surface area contributed by atoms with Gasteiger partial charge in [-0.05, 0) is 37.6 Å². The summed E-state index contributed by atoms with van der Waals surface area (Å²) in [4.78, 5) is 42.0. The summed E-state index contributed by atoms with van der Waals surface area (Å²) in [5.41, 5.74) is 2.87. The number of hydrogen-bond donors (Lipinski definition) is 2. The van der Waals surface area contributed by atoms with E-state index in [0.29, 0.717) is 23.5 Å². The third kappa shape index (κ3) is 5.22. The Morgan fingerprint density at radius 3 is 2.53 bits per heavy atom. The molecule has 0 aliphatic carbocycles. The zero-order valence-electron chi connectivity index (χ0n) is 19.2. The van der Waals surface area contributed by atoms with Crippen LogP contribution in [0.2, 0.25) is 0 Å². The molecule has 0 radical (unpaired) electrons. The second-order valence-corrected chi connectivity index (χ2v) is 11.1. The second-order valence-electron chi connectivity index (χ2n) is 8.83. The van der Waals surface area contributed by atoms with E-state index in [-0.39, 0.29) is 42.2 Å². The molecule has 2 aromatic carbocycles. The number of nitrogens with zero attached hydrogens (tertiary/aromatic N) is 2. The summed E-state index contributed by atoms with van der Waals surface area (Å²) in [6, 6.07) is 13.1. The van der Waals surface area contributed by atoms with Crippen LogP contribution in [0, 0.1) is 6.92 Å². The van der Waals surface area contributed by atoms with Gasteiger partial charge in [-0.25, -0.2) is 8.42 Å². The maximum absolute atomic E-state index is 13.1. The summed E-state index contributed by atoms with van der Waals surface area (Å²) < 4.78 is 23.7. The monoisotopic (exact) mass is 484 g/mol. The predicted octanol–water partition coefficient (Wildman–Crippen LogP) is 1.80. The second kappa shape index (κ2) is 9.46. The van der Waals surface area contributed by atoms with Gasteiger partial charge in [0.05, 0.1) is 35.8 Å². The molecule has 0 aromatic heterocycles. The van der Waals surface area contributed by atoms with Crippen LogP contribution in [0.3, 0.4) is 0 Å². The number of carbonyl (C=O) groups excluding carboxylic acids is 3. The summed E-state index contributed by atoms with van der Waals surface area (Å²) in [6.45, 7) is 1.79. The van der Waals surface area contributed by atoms with Crippen LogP contribution in [0.25, 0.3) is 0 Å². The summed E-state index contributed by atoms with van der Waals surface area (Å²) >= 11 is 0. The van der Waals surface area contributed by atoms with Crippen LogP contribution in [0.1, 0.15) is 18.4 Å². The van der Waals surface area contributed by atoms with Gasteiger partial charge >= 0.3 is 0 Å². The molecular formula is C24H28N4O5S. The van der Waals surface area contributed by atoms with Crippen molar-refractivity contribution in [2.24, 2.45) is 0 Å². The Hall–Kier alpha value is -3.40. The van der Waals surface area contributed by atoms with E-state index < -0.39 is 21.9 Å². The third-order valence-electron chi connectivity index (χ3n) is 6.32. The molecule has 0 bridgehead atoms. The van der Waals surface area contributed by atoms with Gasteiger partial charge in [0, 0.05) is 18.8 Å². The van der Waals surface area contributed by atoms with Crippen LogP contribution in [-0.2, 0) is 24.2 Å². The Balaban J connectivity index is 1.53. The molecule has 0 saturated carbocycles. The highest BCUT2D eigenvalue weighted by Gasteiger charge is 2.38. The maximum atomic E-state index is 13.1. The molecule has 2 aliphatic heterocycles. The average Bonchev–Trinajstić information content (AvgIpc) is 3.16. The van der Waals surface area contributed by atoms with Crippen LogP contribution in [0.4, 0.5) is 17.1 Å². The first-order chi connectivity index (χ1) is 16.1. The number of fused-ring (bicyclic) bond motifs is 1. The topological polar surface area (TPSA) is 116 Å². The SMILES string of the molecule is Cc1ccc(NC(=O)C[C@@H]2C(=O)Nc3ccccc3N2CC(=O)N(C)[C@H]2CCS(=O)(=O)C2)cc1. The molecule has 2 heterocycles. The smallest absolute Gasteiger partial charge is 0.247 e. The molecule has 180 valence electrons. The Kier molecular flexibility index (Phi) is 6.60. The van der Waals surface area contributed by atoms with Crippen molar-refractivity contribution in [3.63, 3.8) is 0 Å². The van der Waals surface area contributed by atoms with Gasteiger partial charge in [0.2, 0.25) is 17.7 Å². The minimum atomic E-state index is -3.15. The van der Waals surface area contributed by atoms with Crippen molar-refractivity contribution in [2.75, 3.05) is 40.6 Å². The zero-order chi connectivity index (χ0) is 24.5. The normalized spacial score (nSPS) is 20.9. The average molecular weight is 485 g/mol. The number of nitrogens with one attached hydrogen (secondary N) is 2. The Morgan fingerprint density at radius 1 is 1.15 bits per heavy atom. The summed E-state index contributed by atoms with van der Waals surface area (Å²) in [5, 5.41) is 5.62. The fraction of sp³-hybridized carbons (Fsp3) is 0.375. The molecule has 4 rings (SSSR count). The van der Waals surface area contributed by atoms with Crippen molar-refractivity contribution >= 4 is 44.6 Å². The lowest BCUT2D eigenvalue weighted by Crippen LogP contribution is -2.54. The predicted molar refractivity (Wildman–Crippen MR) is 130 cm³/mol. The fourth-order valence-electron chi connectivity index (χ4n) is 4.32. The molecule has 1 saturated heterocycles. The molecule has 2 aliphatic rings. The van der Waals surface area contributed by atoms with Gasteiger partial charge in [-0.1, -0.05) is 29.8 Å². The van der Waals surface area contributed by atoms with Crippen LogP contribution in [-0.4, -0.2) is 68.2 Å². The highest BCUT2D eigenvalue weighted by Crippen LogP contribution is 2.33. The van der Waals surface area contributed by atoms with Crippen LogP contribution >= 0.6 is 0 Å². The Bertz CT molecular complexity index is 1210. The lowest BCUT2D eigenvalue weighted by Gasteiger charge is -2.38. The number of anilines is 3. The summed E-state index contributed by atoms with van der Waals surface area (Å²) in [7, 11) is -1.56. The summed E-state index contributed by atoms with van der Waals surface area (Å²) in [6.07, 6.45) is 0.243. The van der Waals surface area contributed by atoms with E-state index in [1.165, 1.54) is 4.90 Å². The van der Waals surface area contributed by atoms with Crippen molar-refractivity contribution in [1.29, 1.82) is 0 Å². The first-order valence-corrected chi connectivity index (χ1v) is 12.9. The quantitative estimate of drug-likeness (QED) is 0.646. The largest absolute Gasteiger partial charge is 0.348 e. The van der Waals surface area contributed by atoms with Gasteiger partial charge in [-0.15, -0.1) is 0 Å². The van der Waals surface area contributed by atoms with Crippen LogP contribution in [0.15, 0.2) is 48.5 Å². The number of carbonyl (C=O) groups is 3. The third-order valence-corrected chi connectivity index (χ3v) is 8.07. The van der Waals surface area contributed by atoms with Gasteiger partial charge in [-0.2, -0.15) is 0 Å². The molecule has 9 nitrogen and oxygen atoms in total. The Morgan fingerprint density at radius 2 is 1.85 bits per heavy atom. The molecule has 10 heteroatoms. The highest BCUT2D eigenvalue weighted by atomic mass is 32.2. The van der Waals surface area contributed by atoms with Crippen molar-refractivity contribution in [3.8, 4) is 0 Å². The van der Waals surface area contributed by atoms with Gasteiger partial charge in [0.15, 0.2) is 9.84 Å². The number of sulfone groups is 1. The number of likely N-dealkylation sites (N-methyl/N-ethyl adjacent to an activating group) is 1. The van der Waals surface area contributed by atoms with Crippen molar-refractivity contribution in [2.45, 2.75) is 31.8 Å². The molecule has 3 amide bonds. The highest BCUT2D eigenvalue weighted by molar-refractivity contribution is 7.91. The standard InChI is InChI=1S/C24H28N4O5S/c1-16-7-9-17(10-8-16)25-22(29)13-21-24(31)26-19-5-3-4-6-20(19)28(21)14-23(30)27(2)18-11-12-34(32,33)15-18/h3-10,18,21H,11-15H2,1-2H3,(H,25,29)(H,26,31)/t18-,21+/m0/s1. The minimum Gasteiger partial charge on any atom is -0.348 e. The first-order valence-electron chi connectivity index (χ1n) is 11.1. The zero-order valence-corrected chi connectivity index (χ0v) is 20.0. The van der Waals surface area contributed by atoms with E-state index in [9.17, 15) is 22.8 Å². The van der Waals surface area contributed by atoms with Gasteiger partial charge in [0.1, 0.15) is 6.04 Å². The van der Waals surface area contributed by atoms with Crippen molar-refractivity contribution < 1.29 is 22.8 Å². The summed E-state index contributed by atoms with van der Waals surface area (Å²) in [5.74, 6) is -1.04. The number of para-hydroxylation sites is 2. The lowest BCUT2D eigenvalue weighted by atomic mass is 10.0. The van der Waals surface area contributed by atoms with E-state index in [1.54, 1.807) is 48.3 Å². The van der Waals surface area contributed by atoms with Crippen molar-refractivity contribution in [3.05, 3.63) is 54.1 Å². The molecule has 2 N–H and O–H groups in total. The number of benzene rings is 2. The van der Waals surface area contributed by atoms with Crippen molar-refractivity contribution in [1.82, 2.24) is 4.90 Å². The number of aryl methyl sites for hydroxylation is 1. The molecule has 1 fully saturated rings. The number of hydrogen-bond acceptors (Lipinski definition) is 6. The molecule has 2 atom stereocenters. The molecular weight excluding hydrogens is 456 g/mol. The van der Waals surface area contributed by atoms with E-state index in [2.05, 4.69) is 10.6 Å². The van der Waals surface area contributed by atoms with Gasteiger partial charge in [0.25, 0.3) is 0 Å². The van der Waals surface area contributed by atoms with Gasteiger partial charge < -0.3 is 20.4 Å². The molecule has 34 heavy (non-hydrogen) atoms. The van der Waals surface area contributed by atoms with E-state index >= 15 is 0 Å². The number of rotatable bonds is 6. The van der Waals surface area contributed by atoms with E-state index in [4.69, 9.17) is 0 Å². The minimum absolute atomic E-state index is 0.0608.